The van der Waals surface area contributed by atoms with Crippen LogP contribution in [-0.4, -0.2) is 66.8 Å². The van der Waals surface area contributed by atoms with E-state index in [-0.39, 0.29) is 6.03 Å². The fraction of sp³-hybridized carbons (Fsp3) is 0.312. The lowest BCUT2D eigenvalue weighted by molar-refractivity contribution is 0.218. The van der Waals surface area contributed by atoms with Gasteiger partial charge in [-0.2, -0.15) is 0 Å². The third-order valence-corrected chi connectivity index (χ3v) is 7.84. The summed E-state index contributed by atoms with van der Waals surface area (Å²) in [6.45, 7) is 6.44. The highest BCUT2D eigenvalue weighted by molar-refractivity contribution is 5.92. The number of pyridine rings is 1. The number of ether oxygens (including phenoxy) is 3. The van der Waals surface area contributed by atoms with E-state index in [0.29, 0.717) is 37.1 Å². The molecule has 6 rings (SSSR count). The zero-order valence-corrected chi connectivity index (χ0v) is 24.5. The highest BCUT2D eigenvalue weighted by Gasteiger charge is 2.32. The molecule has 2 aliphatic rings. The first-order valence-corrected chi connectivity index (χ1v) is 13.9. The molecule has 0 radical (unpaired) electrons. The van der Waals surface area contributed by atoms with Gasteiger partial charge in [-0.25, -0.2) is 19.7 Å². The van der Waals surface area contributed by atoms with Crippen LogP contribution in [0, 0.1) is 13.8 Å². The minimum atomic E-state index is -0.126. The normalized spacial score (nSPS) is 14.4. The average molecular weight is 567 g/mol. The second kappa shape index (κ2) is 11.2. The van der Waals surface area contributed by atoms with Crippen LogP contribution < -0.4 is 24.0 Å². The van der Waals surface area contributed by atoms with Gasteiger partial charge in [-0.3, -0.25) is 4.90 Å². The van der Waals surface area contributed by atoms with Gasteiger partial charge in [-0.1, -0.05) is 6.07 Å². The van der Waals surface area contributed by atoms with Crippen molar-refractivity contribution in [1.82, 2.24) is 19.9 Å². The number of aromatic nitrogens is 3. The summed E-state index contributed by atoms with van der Waals surface area (Å²) in [5.74, 6) is 3.46. The van der Waals surface area contributed by atoms with Crippen LogP contribution in [0.4, 0.5) is 22.2 Å². The molecule has 4 heterocycles. The summed E-state index contributed by atoms with van der Waals surface area (Å²) in [6.07, 6.45) is 2.56. The average Bonchev–Trinajstić information content (AvgIpc) is 3.59. The standard InChI is InChI=1S/C32H34N6O4/c1-20-16-23(40-3)7-8-27(20)37-13-11-24-25(17-21(2)34-30(24)37)26-10-12-33-31(35-26)38-15-14-36(32(38)39)19-22-6-9-28(41-4)29(18-22)42-5/h6-10,12,16-18H,11,13-15,19H2,1-5H3. The summed E-state index contributed by atoms with van der Waals surface area (Å²) in [7, 11) is 4.89. The second-order valence-electron chi connectivity index (χ2n) is 10.5. The molecule has 216 valence electrons. The molecule has 2 aromatic carbocycles. The zero-order chi connectivity index (χ0) is 29.4. The Kier molecular flexibility index (Phi) is 7.28. The number of hydrogen-bond donors (Lipinski definition) is 0. The molecule has 0 bridgehead atoms. The first-order chi connectivity index (χ1) is 20.4. The molecule has 4 aromatic rings. The van der Waals surface area contributed by atoms with Crippen molar-refractivity contribution in [3.63, 3.8) is 0 Å². The second-order valence-corrected chi connectivity index (χ2v) is 10.5. The maximum absolute atomic E-state index is 13.4. The maximum atomic E-state index is 13.4. The quantitative estimate of drug-likeness (QED) is 0.283. The van der Waals surface area contributed by atoms with Crippen molar-refractivity contribution in [2.45, 2.75) is 26.8 Å². The number of fused-ring (bicyclic) bond motifs is 1. The lowest BCUT2D eigenvalue weighted by Crippen LogP contribution is -2.32. The fourth-order valence-corrected chi connectivity index (χ4v) is 5.75. The molecule has 2 aromatic heterocycles. The largest absolute Gasteiger partial charge is 0.497 e. The molecule has 2 aliphatic heterocycles. The molecular formula is C32H34N6O4. The first kappa shape index (κ1) is 27.3. The van der Waals surface area contributed by atoms with E-state index in [1.807, 2.05) is 43.3 Å². The third kappa shape index (κ3) is 4.93. The number of carbonyl (C=O) groups excluding carboxylic acids is 1. The monoisotopic (exact) mass is 566 g/mol. The zero-order valence-electron chi connectivity index (χ0n) is 24.5. The lowest BCUT2D eigenvalue weighted by Gasteiger charge is -2.22. The highest BCUT2D eigenvalue weighted by atomic mass is 16.5. The molecule has 0 unspecified atom stereocenters. The van der Waals surface area contributed by atoms with E-state index in [2.05, 4.69) is 28.9 Å². The van der Waals surface area contributed by atoms with E-state index in [9.17, 15) is 4.79 Å². The Labute approximate surface area is 245 Å². The molecule has 0 saturated carbocycles. The number of methoxy groups -OCH3 is 3. The lowest BCUT2D eigenvalue weighted by atomic mass is 10.0. The van der Waals surface area contributed by atoms with Gasteiger partial charge in [0.05, 0.1) is 27.0 Å². The van der Waals surface area contributed by atoms with Crippen molar-refractivity contribution >= 4 is 23.5 Å². The van der Waals surface area contributed by atoms with Gasteiger partial charge in [0.25, 0.3) is 0 Å². The van der Waals surface area contributed by atoms with E-state index in [1.54, 1.807) is 37.3 Å². The summed E-state index contributed by atoms with van der Waals surface area (Å²) < 4.78 is 16.2. The molecule has 1 saturated heterocycles. The van der Waals surface area contributed by atoms with E-state index in [1.165, 1.54) is 0 Å². The van der Waals surface area contributed by atoms with Crippen LogP contribution in [-0.2, 0) is 13.0 Å². The number of nitrogens with zero attached hydrogens (tertiary/aromatic N) is 6. The van der Waals surface area contributed by atoms with Crippen molar-refractivity contribution in [3.05, 3.63) is 77.1 Å². The van der Waals surface area contributed by atoms with Crippen LogP contribution in [0.3, 0.4) is 0 Å². The minimum absolute atomic E-state index is 0.126. The highest BCUT2D eigenvalue weighted by Crippen LogP contribution is 2.40. The van der Waals surface area contributed by atoms with Crippen molar-refractivity contribution in [2.75, 3.05) is 50.8 Å². The Hall–Kier alpha value is -4.86. The number of aryl methyl sites for hydroxylation is 2. The van der Waals surface area contributed by atoms with Gasteiger partial charge >= 0.3 is 6.03 Å². The van der Waals surface area contributed by atoms with Gasteiger partial charge in [0.1, 0.15) is 11.6 Å². The van der Waals surface area contributed by atoms with Gasteiger partial charge in [0.15, 0.2) is 11.5 Å². The summed E-state index contributed by atoms with van der Waals surface area (Å²) in [4.78, 5) is 33.5. The molecule has 0 aliphatic carbocycles. The van der Waals surface area contributed by atoms with Crippen LogP contribution in [0.1, 0.15) is 22.4 Å². The number of urea groups is 1. The van der Waals surface area contributed by atoms with Crippen molar-refractivity contribution in [2.24, 2.45) is 0 Å². The number of amides is 2. The molecule has 42 heavy (non-hydrogen) atoms. The van der Waals surface area contributed by atoms with Crippen LogP contribution in [0.2, 0.25) is 0 Å². The smallest absolute Gasteiger partial charge is 0.327 e. The third-order valence-electron chi connectivity index (χ3n) is 7.84. The minimum Gasteiger partial charge on any atom is -0.497 e. The SMILES string of the molecule is COc1ccc(N2CCc3c(-c4ccnc(N5CCN(Cc6ccc(OC)c(OC)c6)C5=O)n4)cc(C)nc32)c(C)c1. The molecule has 2 amide bonds. The number of benzene rings is 2. The van der Waals surface area contributed by atoms with Crippen LogP contribution in [0.25, 0.3) is 11.3 Å². The number of rotatable bonds is 8. The van der Waals surface area contributed by atoms with Crippen molar-refractivity contribution in [1.29, 1.82) is 0 Å². The Morgan fingerprint density at radius 3 is 2.43 bits per heavy atom. The van der Waals surface area contributed by atoms with E-state index in [4.69, 9.17) is 24.2 Å². The van der Waals surface area contributed by atoms with Crippen LogP contribution in [0.5, 0.6) is 17.2 Å². The number of anilines is 3. The first-order valence-electron chi connectivity index (χ1n) is 13.9. The topological polar surface area (TPSA) is 93.2 Å². The molecule has 1 fully saturated rings. The molecule has 10 heteroatoms. The van der Waals surface area contributed by atoms with Gasteiger partial charge in [-0.15, -0.1) is 0 Å². The van der Waals surface area contributed by atoms with Gasteiger partial charge < -0.3 is 24.0 Å². The Morgan fingerprint density at radius 2 is 1.67 bits per heavy atom. The Morgan fingerprint density at radius 1 is 0.833 bits per heavy atom. The molecule has 0 spiro atoms. The number of hydrogen-bond acceptors (Lipinski definition) is 8. The van der Waals surface area contributed by atoms with Gasteiger partial charge in [0, 0.05) is 54.9 Å². The van der Waals surface area contributed by atoms with Gasteiger partial charge in [-0.05, 0) is 73.9 Å². The summed E-state index contributed by atoms with van der Waals surface area (Å²) in [6, 6.07) is 15.7. The van der Waals surface area contributed by atoms with Crippen molar-refractivity contribution < 1.29 is 19.0 Å². The van der Waals surface area contributed by atoms with E-state index >= 15 is 0 Å². The fourth-order valence-electron chi connectivity index (χ4n) is 5.75. The van der Waals surface area contributed by atoms with E-state index < -0.39 is 0 Å². The molecular weight excluding hydrogens is 532 g/mol. The summed E-state index contributed by atoms with van der Waals surface area (Å²) in [5, 5.41) is 0. The maximum Gasteiger partial charge on any atom is 0.327 e. The number of carbonyl (C=O) groups is 1. The summed E-state index contributed by atoms with van der Waals surface area (Å²) >= 11 is 0. The van der Waals surface area contributed by atoms with Crippen molar-refractivity contribution in [3.8, 4) is 28.5 Å². The Bertz CT molecular complexity index is 1660. The van der Waals surface area contributed by atoms with Gasteiger partial charge in [0.2, 0.25) is 5.95 Å². The van der Waals surface area contributed by atoms with E-state index in [0.717, 1.165) is 63.9 Å². The molecule has 0 N–H and O–H groups in total. The van der Waals surface area contributed by atoms with Crippen LogP contribution in [0.15, 0.2) is 54.7 Å². The Balaban J connectivity index is 1.26. The molecule has 0 atom stereocenters. The predicted octanol–water partition coefficient (Wildman–Crippen LogP) is 5.32. The van der Waals surface area contributed by atoms with Crippen LogP contribution >= 0.6 is 0 Å². The molecule has 10 nitrogen and oxygen atoms in total. The predicted molar refractivity (Wildman–Crippen MR) is 161 cm³/mol. The summed E-state index contributed by atoms with van der Waals surface area (Å²) in [5.41, 5.74) is 7.03.